The van der Waals surface area contributed by atoms with Gasteiger partial charge in [-0.05, 0) is 0 Å². The number of hydrogen-bond acceptors (Lipinski definition) is 3. The lowest BCUT2D eigenvalue weighted by atomic mass is 10.0. The molecule has 4 atom stereocenters. The third kappa shape index (κ3) is 1.88. The van der Waals surface area contributed by atoms with Gasteiger partial charge in [0.2, 0.25) is 6.29 Å². The van der Waals surface area contributed by atoms with Crippen molar-refractivity contribution in [2.45, 2.75) is 31.0 Å². The first-order chi connectivity index (χ1) is 5.15. The van der Waals surface area contributed by atoms with Crippen LogP contribution >= 0.6 is 0 Å². The topological polar surface area (TPSA) is 105 Å². The summed E-state index contributed by atoms with van der Waals surface area (Å²) in [5.41, 5.74) is 7.24. The van der Waals surface area contributed by atoms with Crippen molar-refractivity contribution < 1.29 is 26.4 Å². The van der Waals surface area contributed by atoms with E-state index in [2.05, 4.69) is 11.5 Å². The van der Waals surface area contributed by atoms with Crippen molar-refractivity contribution in [2.24, 2.45) is 0 Å². The Balaban J connectivity index is 2.48. The SMILES string of the molecule is [NH3+]C[C@H]1O[C@H](O)[C@H]([NH3+])C[C@@H]1O. The number of aliphatic hydroxyl groups excluding tert-OH is 2. The lowest BCUT2D eigenvalue weighted by Crippen LogP contribution is -2.73. The van der Waals surface area contributed by atoms with E-state index in [1.807, 2.05) is 0 Å². The Morgan fingerprint density at radius 3 is 2.64 bits per heavy atom. The fourth-order valence-corrected chi connectivity index (χ4v) is 1.22. The van der Waals surface area contributed by atoms with E-state index in [4.69, 9.17) is 4.74 Å². The zero-order valence-corrected chi connectivity index (χ0v) is 6.44. The average molecular weight is 164 g/mol. The number of rotatable bonds is 1. The standard InChI is InChI=1S/C6H14N2O3/c7-2-5-4(9)1-3(8)6(10)11-5/h3-6,9-10H,1-2,7-8H2/p+2/t3-,4+,5-,6+/m1/s1. The van der Waals surface area contributed by atoms with Gasteiger partial charge in [0.1, 0.15) is 18.7 Å². The van der Waals surface area contributed by atoms with Crippen LogP contribution in [0.25, 0.3) is 0 Å². The molecule has 0 radical (unpaired) electrons. The van der Waals surface area contributed by atoms with E-state index in [1.165, 1.54) is 0 Å². The second-order valence-electron chi connectivity index (χ2n) is 2.92. The van der Waals surface area contributed by atoms with Gasteiger partial charge in [0.15, 0.2) is 0 Å². The molecule has 5 nitrogen and oxygen atoms in total. The molecule has 11 heavy (non-hydrogen) atoms. The van der Waals surface area contributed by atoms with Crippen molar-refractivity contribution in [3.8, 4) is 0 Å². The summed E-state index contributed by atoms with van der Waals surface area (Å²) >= 11 is 0. The van der Waals surface area contributed by atoms with Crippen molar-refractivity contribution in [1.29, 1.82) is 0 Å². The van der Waals surface area contributed by atoms with Gasteiger partial charge in [-0.2, -0.15) is 0 Å². The smallest absolute Gasteiger partial charge is 0.208 e. The van der Waals surface area contributed by atoms with E-state index in [0.717, 1.165) is 0 Å². The van der Waals surface area contributed by atoms with Crippen LogP contribution in [0.1, 0.15) is 6.42 Å². The molecule has 1 fully saturated rings. The highest BCUT2D eigenvalue weighted by molar-refractivity contribution is 4.78. The third-order valence-electron chi connectivity index (χ3n) is 1.98. The summed E-state index contributed by atoms with van der Waals surface area (Å²) in [6.07, 6.45) is -1.21. The molecule has 5 heteroatoms. The molecule has 1 heterocycles. The lowest BCUT2D eigenvalue weighted by molar-refractivity contribution is -0.489. The van der Waals surface area contributed by atoms with Gasteiger partial charge in [0.25, 0.3) is 0 Å². The summed E-state index contributed by atoms with van der Waals surface area (Å²) in [5, 5.41) is 18.5. The van der Waals surface area contributed by atoms with Crippen LogP contribution in [0.3, 0.4) is 0 Å². The molecule has 0 aromatic heterocycles. The Bertz CT molecular complexity index is 133. The maximum absolute atomic E-state index is 9.34. The first-order valence-corrected chi connectivity index (χ1v) is 3.79. The van der Waals surface area contributed by atoms with Crippen LogP contribution in [0.5, 0.6) is 0 Å². The highest BCUT2D eigenvalue weighted by atomic mass is 16.6. The summed E-state index contributed by atoms with van der Waals surface area (Å²) in [6, 6.07) is -0.229. The molecule has 0 unspecified atom stereocenters. The van der Waals surface area contributed by atoms with Crippen molar-refractivity contribution in [2.75, 3.05) is 6.54 Å². The Morgan fingerprint density at radius 1 is 1.45 bits per heavy atom. The lowest BCUT2D eigenvalue weighted by Gasteiger charge is -2.31. The van der Waals surface area contributed by atoms with Gasteiger partial charge in [-0.1, -0.05) is 0 Å². The minimum atomic E-state index is -0.842. The Morgan fingerprint density at radius 2 is 2.09 bits per heavy atom. The maximum Gasteiger partial charge on any atom is 0.208 e. The molecule has 0 aromatic carbocycles. The highest BCUT2D eigenvalue weighted by Crippen LogP contribution is 2.14. The first kappa shape index (κ1) is 8.89. The zero-order chi connectivity index (χ0) is 8.43. The molecule has 1 aliphatic rings. The van der Waals surface area contributed by atoms with E-state index in [0.29, 0.717) is 13.0 Å². The minimum Gasteiger partial charge on any atom is -0.390 e. The van der Waals surface area contributed by atoms with Gasteiger partial charge in [-0.15, -0.1) is 0 Å². The molecule has 0 spiro atoms. The summed E-state index contributed by atoms with van der Waals surface area (Å²) in [4.78, 5) is 0. The van der Waals surface area contributed by atoms with Gasteiger partial charge < -0.3 is 26.4 Å². The second kappa shape index (κ2) is 3.46. The molecule has 1 aliphatic heterocycles. The largest absolute Gasteiger partial charge is 0.390 e. The normalized spacial score (nSPS) is 45.8. The van der Waals surface area contributed by atoms with Crippen LogP contribution in [-0.4, -0.2) is 41.3 Å². The highest BCUT2D eigenvalue weighted by Gasteiger charge is 2.36. The van der Waals surface area contributed by atoms with E-state index in [9.17, 15) is 10.2 Å². The van der Waals surface area contributed by atoms with Crippen molar-refractivity contribution in [3.63, 3.8) is 0 Å². The van der Waals surface area contributed by atoms with Gasteiger partial charge in [-0.25, -0.2) is 0 Å². The van der Waals surface area contributed by atoms with Crippen LogP contribution in [0, 0.1) is 0 Å². The van der Waals surface area contributed by atoms with Crippen LogP contribution in [0.2, 0.25) is 0 Å². The molecule has 0 bridgehead atoms. The summed E-state index contributed by atoms with van der Waals surface area (Å²) in [7, 11) is 0. The Labute approximate surface area is 64.9 Å². The van der Waals surface area contributed by atoms with Crippen molar-refractivity contribution in [1.82, 2.24) is 0 Å². The zero-order valence-electron chi connectivity index (χ0n) is 6.44. The first-order valence-electron chi connectivity index (χ1n) is 3.79. The maximum atomic E-state index is 9.34. The molecular formula is C6H16N2O3+2. The van der Waals surface area contributed by atoms with Crippen LogP contribution < -0.4 is 11.5 Å². The molecule has 0 aliphatic carbocycles. The van der Waals surface area contributed by atoms with Crippen molar-refractivity contribution >= 4 is 0 Å². The molecular weight excluding hydrogens is 148 g/mol. The molecule has 0 saturated carbocycles. The van der Waals surface area contributed by atoms with E-state index in [1.54, 1.807) is 0 Å². The Kier molecular flexibility index (Phi) is 2.80. The van der Waals surface area contributed by atoms with E-state index < -0.39 is 12.4 Å². The van der Waals surface area contributed by atoms with Crippen molar-refractivity contribution in [3.05, 3.63) is 0 Å². The monoisotopic (exact) mass is 164 g/mol. The van der Waals surface area contributed by atoms with E-state index in [-0.39, 0.29) is 12.1 Å². The fourth-order valence-electron chi connectivity index (χ4n) is 1.22. The minimum absolute atomic E-state index is 0.229. The summed E-state index contributed by atoms with van der Waals surface area (Å²) in [5.74, 6) is 0. The van der Waals surface area contributed by atoms with Gasteiger partial charge >= 0.3 is 0 Å². The quantitative estimate of drug-likeness (QED) is 0.320. The third-order valence-corrected chi connectivity index (χ3v) is 1.98. The summed E-state index contributed by atoms with van der Waals surface area (Å²) < 4.78 is 5.04. The molecule has 1 saturated heterocycles. The van der Waals surface area contributed by atoms with Gasteiger partial charge in [0.05, 0.1) is 6.10 Å². The fraction of sp³-hybridized carbons (Fsp3) is 1.00. The molecule has 1 rings (SSSR count). The van der Waals surface area contributed by atoms with Crippen LogP contribution in [0.15, 0.2) is 0 Å². The number of hydrogen-bond donors (Lipinski definition) is 4. The molecule has 66 valence electrons. The van der Waals surface area contributed by atoms with E-state index >= 15 is 0 Å². The number of quaternary nitrogens is 2. The number of aliphatic hydroxyl groups is 2. The molecule has 8 N–H and O–H groups in total. The van der Waals surface area contributed by atoms with Gasteiger partial charge in [0, 0.05) is 6.42 Å². The van der Waals surface area contributed by atoms with Crippen LogP contribution in [0.4, 0.5) is 0 Å². The molecule has 0 aromatic rings. The van der Waals surface area contributed by atoms with Gasteiger partial charge in [-0.3, -0.25) is 0 Å². The molecule has 0 amide bonds. The summed E-state index contributed by atoms with van der Waals surface area (Å²) in [6.45, 7) is 0.477. The predicted octanol–water partition coefficient (Wildman–Crippen LogP) is -3.69. The predicted molar refractivity (Wildman–Crippen MR) is 35.9 cm³/mol. The Hall–Kier alpha value is -0.200. The number of ether oxygens (including phenoxy) is 1. The van der Waals surface area contributed by atoms with Crippen LogP contribution in [-0.2, 0) is 4.74 Å². The average Bonchev–Trinajstić information content (AvgIpc) is 1.97. The second-order valence-corrected chi connectivity index (χ2v) is 2.92.